The van der Waals surface area contributed by atoms with Crippen molar-refractivity contribution in [2.75, 3.05) is 37.5 Å². The zero-order valence-electron chi connectivity index (χ0n) is 19.8. The molecule has 2 saturated heterocycles. The summed E-state index contributed by atoms with van der Waals surface area (Å²) in [6, 6.07) is 15.3. The number of pyridine rings is 1. The Hall–Kier alpha value is -3.01. The third-order valence-corrected chi connectivity index (χ3v) is 8.14. The topological polar surface area (TPSA) is 91.8 Å². The normalized spacial score (nSPS) is 21.3. The molecule has 2 atom stereocenters. The summed E-state index contributed by atoms with van der Waals surface area (Å²) in [4.78, 5) is 21.8. The number of fused-ring (bicyclic) bond motifs is 1. The Kier molecular flexibility index (Phi) is 6.73. The summed E-state index contributed by atoms with van der Waals surface area (Å²) in [5, 5.41) is 0.751. The Bertz CT molecular complexity index is 1300. The fourth-order valence-corrected chi connectivity index (χ4v) is 6.17. The highest BCUT2D eigenvalue weighted by Crippen LogP contribution is 2.24. The lowest BCUT2D eigenvalue weighted by Crippen LogP contribution is -2.55. The van der Waals surface area contributed by atoms with Crippen molar-refractivity contribution in [1.29, 1.82) is 0 Å². The highest BCUT2D eigenvalue weighted by molar-refractivity contribution is 7.93. The molecule has 0 aliphatic carbocycles. The fourth-order valence-electron chi connectivity index (χ4n) is 4.93. The van der Waals surface area contributed by atoms with E-state index in [1.54, 1.807) is 42.6 Å². The first-order valence-corrected chi connectivity index (χ1v) is 13.5. The van der Waals surface area contributed by atoms with Gasteiger partial charge in [-0.3, -0.25) is 19.4 Å². The lowest BCUT2D eigenvalue weighted by molar-refractivity contribution is 0.0279. The molecule has 9 heteroatoms. The van der Waals surface area contributed by atoms with Crippen LogP contribution in [0.1, 0.15) is 30.1 Å². The number of aromatic nitrogens is 1. The van der Waals surface area contributed by atoms with E-state index in [9.17, 15) is 13.2 Å². The van der Waals surface area contributed by atoms with Crippen LogP contribution in [-0.4, -0.2) is 74.0 Å². The van der Waals surface area contributed by atoms with Crippen LogP contribution < -0.4 is 4.72 Å². The number of carbonyl (C=O) groups excluding carboxylic acids is 1. The number of hydrogen-bond donors (Lipinski definition) is 1. The molecule has 0 spiro atoms. The number of ether oxygens (including phenoxy) is 1. The zero-order valence-corrected chi connectivity index (χ0v) is 20.6. The molecule has 0 radical (unpaired) electrons. The van der Waals surface area contributed by atoms with Gasteiger partial charge in [0.15, 0.2) is 0 Å². The van der Waals surface area contributed by atoms with Gasteiger partial charge < -0.3 is 9.64 Å². The second-order valence-corrected chi connectivity index (χ2v) is 10.9. The average Bonchev–Trinajstić information content (AvgIpc) is 3.37. The van der Waals surface area contributed by atoms with Crippen molar-refractivity contribution in [3.05, 3.63) is 66.4 Å². The molecule has 1 aromatic heterocycles. The van der Waals surface area contributed by atoms with E-state index in [0.29, 0.717) is 29.4 Å². The molecule has 35 heavy (non-hydrogen) atoms. The van der Waals surface area contributed by atoms with Crippen molar-refractivity contribution < 1.29 is 17.9 Å². The van der Waals surface area contributed by atoms with Crippen LogP contribution in [0.4, 0.5) is 5.69 Å². The Morgan fingerprint density at radius 1 is 1.11 bits per heavy atom. The smallest absolute Gasteiger partial charge is 0.264 e. The van der Waals surface area contributed by atoms with Gasteiger partial charge in [0.2, 0.25) is 0 Å². The van der Waals surface area contributed by atoms with Gasteiger partial charge in [-0.25, -0.2) is 8.42 Å². The second-order valence-electron chi connectivity index (χ2n) is 9.26. The van der Waals surface area contributed by atoms with Crippen LogP contribution in [0.15, 0.2) is 65.7 Å². The molecule has 2 fully saturated rings. The molecule has 8 nitrogen and oxygen atoms in total. The number of nitrogens with zero attached hydrogens (tertiary/aromatic N) is 3. The summed E-state index contributed by atoms with van der Waals surface area (Å²) in [5.41, 5.74) is 1.35. The summed E-state index contributed by atoms with van der Waals surface area (Å²) in [6.45, 7) is 6.15. The number of benzene rings is 2. The van der Waals surface area contributed by atoms with Crippen molar-refractivity contribution in [3.8, 4) is 0 Å². The van der Waals surface area contributed by atoms with E-state index >= 15 is 0 Å². The van der Waals surface area contributed by atoms with E-state index in [1.165, 1.54) is 6.07 Å². The Morgan fingerprint density at radius 3 is 2.66 bits per heavy atom. The van der Waals surface area contributed by atoms with Crippen LogP contribution in [0, 0.1) is 0 Å². The number of hydrogen-bond acceptors (Lipinski definition) is 6. The van der Waals surface area contributed by atoms with Gasteiger partial charge in [0.1, 0.15) is 4.90 Å². The maximum Gasteiger partial charge on any atom is 0.264 e. The third kappa shape index (κ3) is 5.17. The molecule has 5 rings (SSSR count). The number of amides is 1. The minimum absolute atomic E-state index is 0.0399. The Labute approximate surface area is 205 Å². The van der Waals surface area contributed by atoms with Crippen LogP contribution in [0.5, 0.6) is 0 Å². The molecule has 184 valence electrons. The maximum atomic E-state index is 13.2. The zero-order chi connectivity index (χ0) is 24.4. The monoisotopic (exact) mass is 494 g/mol. The highest BCUT2D eigenvalue weighted by Gasteiger charge is 2.30. The Balaban J connectivity index is 1.24. The van der Waals surface area contributed by atoms with E-state index < -0.39 is 10.0 Å². The number of para-hydroxylation sites is 1. The van der Waals surface area contributed by atoms with Gasteiger partial charge in [-0.15, -0.1) is 0 Å². The van der Waals surface area contributed by atoms with Gasteiger partial charge in [0, 0.05) is 61.7 Å². The largest absolute Gasteiger partial charge is 0.377 e. The van der Waals surface area contributed by atoms with Crippen molar-refractivity contribution in [1.82, 2.24) is 14.8 Å². The predicted molar refractivity (Wildman–Crippen MR) is 135 cm³/mol. The first kappa shape index (κ1) is 23.7. The Morgan fingerprint density at radius 2 is 1.91 bits per heavy atom. The summed E-state index contributed by atoms with van der Waals surface area (Å²) in [5.74, 6) is -0.0399. The molecule has 2 aromatic carbocycles. The number of piperazine rings is 1. The first-order valence-electron chi connectivity index (χ1n) is 12.0. The molecule has 3 heterocycles. The molecule has 3 aromatic rings. The van der Waals surface area contributed by atoms with Crippen LogP contribution >= 0.6 is 0 Å². The van der Waals surface area contributed by atoms with Gasteiger partial charge in [-0.05, 0) is 56.2 Å². The summed E-state index contributed by atoms with van der Waals surface area (Å²) >= 11 is 0. The van der Waals surface area contributed by atoms with E-state index in [0.717, 1.165) is 44.5 Å². The minimum Gasteiger partial charge on any atom is -0.377 e. The maximum absolute atomic E-state index is 13.2. The average molecular weight is 495 g/mol. The van der Waals surface area contributed by atoms with Gasteiger partial charge in [0.25, 0.3) is 15.9 Å². The first-order chi connectivity index (χ1) is 16.9. The minimum atomic E-state index is -3.84. The third-order valence-electron chi connectivity index (χ3n) is 6.73. The number of sulfonamides is 1. The molecule has 1 N–H and O–H groups in total. The molecule has 0 saturated carbocycles. The quantitative estimate of drug-likeness (QED) is 0.565. The molecule has 2 aliphatic heterocycles. The molecular weight excluding hydrogens is 464 g/mol. The van der Waals surface area contributed by atoms with Gasteiger partial charge >= 0.3 is 0 Å². The van der Waals surface area contributed by atoms with Crippen molar-refractivity contribution in [3.63, 3.8) is 0 Å². The van der Waals surface area contributed by atoms with E-state index in [1.807, 2.05) is 17.0 Å². The summed E-state index contributed by atoms with van der Waals surface area (Å²) < 4.78 is 34.4. The molecule has 0 unspecified atom stereocenters. The second kappa shape index (κ2) is 9.93. The van der Waals surface area contributed by atoms with E-state index in [-0.39, 0.29) is 16.8 Å². The van der Waals surface area contributed by atoms with Crippen molar-refractivity contribution >= 4 is 32.5 Å². The summed E-state index contributed by atoms with van der Waals surface area (Å²) in [7, 11) is -3.84. The molecule has 1 amide bonds. The highest BCUT2D eigenvalue weighted by atomic mass is 32.2. The van der Waals surface area contributed by atoms with Crippen LogP contribution in [0.25, 0.3) is 10.9 Å². The fraction of sp³-hybridized carbons (Fsp3) is 0.385. The SMILES string of the molecule is C[C@@H]1CN(C[C@H]2CCCO2)CCN1C(=O)c1ccc(NS(=O)(=O)c2cccc3cccnc23)cc1. The van der Waals surface area contributed by atoms with Crippen LogP contribution in [-0.2, 0) is 14.8 Å². The van der Waals surface area contributed by atoms with Crippen molar-refractivity contribution in [2.45, 2.75) is 36.8 Å². The number of anilines is 1. The van der Waals surface area contributed by atoms with Gasteiger partial charge in [-0.2, -0.15) is 0 Å². The van der Waals surface area contributed by atoms with Crippen LogP contribution in [0.3, 0.4) is 0 Å². The predicted octanol–water partition coefficient (Wildman–Crippen LogP) is 3.36. The van der Waals surface area contributed by atoms with E-state index in [2.05, 4.69) is 21.5 Å². The summed E-state index contributed by atoms with van der Waals surface area (Å²) in [6.07, 6.45) is 4.13. The number of nitrogens with one attached hydrogen (secondary N) is 1. The molecule has 2 aliphatic rings. The lowest BCUT2D eigenvalue weighted by Gasteiger charge is -2.40. The molecular formula is C26H30N4O4S. The lowest BCUT2D eigenvalue weighted by atomic mass is 10.1. The van der Waals surface area contributed by atoms with Crippen molar-refractivity contribution in [2.24, 2.45) is 0 Å². The standard InChI is InChI=1S/C26H30N4O4S/c1-19-17-29(18-23-7-4-16-34-23)14-15-30(19)26(31)21-9-11-22(12-10-21)28-35(32,33)24-8-2-5-20-6-3-13-27-25(20)24/h2-3,5-6,8-13,19,23,28H,4,7,14-18H2,1H3/t19-,23-/m1/s1. The number of rotatable bonds is 6. The van der Waals surface area contributed by atoms with E-state index in [4.69, 9.17) is 4.74 Å². The van der Waals surface area contributed by atoms with Crippen LogP contribution in [0.2, 0.25) is 0 Å². The van der Waals surface area contributed by atoms with Gasteiger partial charge in [-0.1, -0.05) is 18.2 Å². The number of carbonyl (C=O) groups is 1. The molecule has 0 bridgehead atoms. The van der Waals surface area contributed by atoms with Gasteiger partial charge in [0.05, 0.1) is 11.6 Å².